The predicted octanol–water partition coefficient (Wildman–Crippen LogP) is 3.19. The number of para-hydroxylation sites is 1. The second kappa shape index (κ2) is 8.58. The van der Waals surface area contributed by atoms with E-state index in [1.165, 1.54) is 4.90 Å². The number of hydrogen-bond donors (Lipinski definition) is 1. The van der Waals surface area contributed by atoms with E-state index in [2.05, 4.69) is 5.32 Å². The minimum atomic E-state index is -0.221. The van der Waals surface area contributed by atoms with Crippen LogP contribution in [0, 0.1) is 0 Å². The van der Waals surface area contributed by atoms with E-state index in [0.717, 1.165) is 16.3 Å². The maximum absolute atomic E-state index is 12.6. The van der Waals surface area contributed by atoms with E-state index >= 15 is 0 Å². The first-order chi connectivity index (χ1) is 11.9. The Hall–Kier alpha value is -2.47. The lowest BCUT2D eigenvalue weighted by Gasteiger charge is -2.19. The van der Waals surface area contributed by atoms with Crippen LogP contribution >= 0.6 is 11.8 Å². The highest BCUT2D eigenvalue weighted by atomic mass is 32.2. The molecule has 0 aromatic heterocycles. The Balaban J connectivity index is 2.03. The van der Waals surface area contributed by atoms with Gasteiger partial charge in [0.25, 0.3) is 5.91 Å². The Morgan fingerprint density at radius 2 is 1.76 bits per heavy atom. The minimum Gasteiger partial charge on any atom is -0.378 e. The molecule has 0 bridgehead atoms. The fourth-order valence-electron chi connectivity index (χ4n) is 2.36. The van der Waals surface area contributed by atoms with Gasteiger partial charge in [-0.05, 0) is 36.6 Å². The molecule has 1 N–H and O–H groups in total. The first-order valence-electron chi connectivity index (χ1n) is 7.88. The molecule has 6 heteroatoms. The van der Waals surface area contributed by atoms with Crippen molar-refractivity contribution in [1.82, 2.24) is 4.90 Å². The Morgan fingerprint density at radius 1 is 1.04 bits per heavy atom. The van der Waals surface area contributed by atoms with Gasteiger partial charge in [-0.2, -0.15) is 0 Å². The van der Waals surface area contributed by atoms with E-state index in [1.54, 1.807) is 24.9 Å². The van der Waals surface area contributed by atoms with E-state index in [9.17, 15) is 9.59 Å². The van der Waals surface area contributed by atoms with Crippen molar-refractivity contribution in [2.75, 3.05) is 44.2 Å². The molecule has 0 fully saturated rings. The predicted molar refractivity (Wildman–Crippen MR) is 105 cm³/mol. The summed E-state index contributed by atoms with van der Waals surface area (Å²) in [6.07, 6.45) is 1.96. The fraction of sp³-hybridized carbons (Fsp3) is 0.263. The average molecular weight is 357 g/mol. The molecular weight excluding hydrogens is 334 g/mol. The van der Waals surface area contributed by atoms with Crippen LogP contribution in [0.15, 0.2) is 53.4 Å². The SMILES string of the molecule is CSc1ccccc1NC(=O)CN(C)C(=O)c1cccc(N(C)C)c1. The molecule has 0 spiro atoms. The smallest absolute Gasteiger partial charge is 0.254 e. The van der Waals surface area contributed by atoms with Gasteiger partial charge in [0.15, 0.2) is 0 Å². The molecule has 132 valence electrons. The molecule has 2 aromatic carbocycles. The number of likely N-dealkylation sites (N-methyl/N-ethyl adjacent to an activating group) is 1. The number of nitrogens with one attached hydrogen (secondary N) is 1. The maximum atomic E-state index is 12.6. The first-order valence-corrected chi connectivity index (χ1v) is 9.10. The Kier molecular flexibility index (Phi) is 6.47. The van der Waals surface area contributed by atoms with Crippen LogP contribution in [0.2, 0.25) is 0 Å². The van der Waals surface area contributed by atoms with E-state index in [1.807, 2.05) is 67.7 Å². The number of thioether (sulfide) groups is 1. The summed E-state index contributed by atoms with van der Waals surface area (Å²) in [7, 11) is 5.47. The van der Waals surface area contributed by atoms with Crippen LogP contribution in [0.1, 0.15) is 10.4 Å². The standard InChI is InChI=1S/C19H23N3O2S/c1-21(2)15-9-7-8-14(12-15)19(24)22(3)13-18(23)20-16-10-5-6-11-17(16)25-4/h5-12H,13H2,1-4H3,(H,20,23). The summed E-state index contributed by atoms with van der Waals surface area (Å²) in [5, 5.41) is 2.87. The lowest BCUT2D eigenvalue weighted by Crippen LogP contribution is -2.35. The van der Waals surface area contributed by atoms with Crippen molar-refractivity contribution in [2.45, 2.75) is 4.90 Å². The van der Waals surface area contributed by atoms with Gasteiger partial charge in [0.2, 0.25) is 5.91 Å². The molecule has 0 heterocycles. The summed E-state index contributed by atoms with van der Waals surface area (Å²) in [5.74, 6) is -0.405. The Morgan fingerprint density at radius 3 is 2.44 bits per heavy atom. The number of nitrogens with zero attached hydrogens (tertiary/aromatic N) is 2. The zero-order chi connectivity index (χ0) is 18.4. The molecule has 0 atom stereocenters. The molecule has 0 aliphatic heterocycles. The topological polar surface area (TPSA) is 52.7 Å². The van der Waals surface area contributed by atoms with Gasteiger partial charge in [-0.15, -0.1) is 11.8 Å². The molecule has 25 heavy (non-hydrogen) atoms. The van der Waals surface area contributed by atoms with Crippen molar-refractivity contribution in [3.63, 3.8) is 0 Å². The summed E-state index contributed by atoms with van der Waals surface area (Å²) < 4.78 is 0. The van der Waals surface area contributed by atoms with Crippen LogP contribution in [-0.4, -0.2) is 50.7 Å². The van der Waals surface area contributed by atoms with Crippen LogP contribution in [0.25, 0.3) is 0 Å². The highest BCUT2D eigenvalue weighted by molar-refractivity contribution is 7.98. The van der Waals surface area contributed by atoms with E-state index in [4.69, 9.17) is 0 Å². The molecule has 0 saturated carbocycles. The van der Waals surface area contributed by atoms with Crippen LogP contribution in [0.4, 0.5) is 11.4 Å². The molecule has 5 nitrogen and oxygen atoms in total. The summed E-state index contributed by atoms with van der Waals surface area (Å²) in [6.45, 7) is -0.00621. The number of hydrogen-bond acceptors (Lipinski definition) is 4. The van der Waals surface area contributed by atoms with Gasteiger partial charge in [0.05, 0.1) is 12.2 Å². The van der Waals surface area contributed by atoms with E-state index in [-0.39, 0.29) is 18.4 Å². The minimum absolute atomic E-state index is 0.00621. The summed E-state index contributed by atoms with van der Waals surface area (Å²) in [5.41, 5.74) is 2.26. The largest absolute Gasteiger partial charge is 0.378 e. The van der Waals surface area contributed by atoms with Crippen molar-refractivity contribution in [3.05, 3.63) is 54.1 Å². The average Bonchev–Trinajstić information content (AvgIpc) is 2.61. The van der Waals surface area contributed by atoms with Crippen molar-refractivity contribution in [1.29, 1.82) is 0 Å². The van der Waals surface area contributed by atoms with Crippen LogP contribution in [-0.2, 0) is 4.79 Å². The molecule has 2 rings (SSSR count). The van der Waals surface area contributed by atoms with Gasteiger partial charge < -0.3 is 15.1 Å². The monoisotopic (exact) mass is 357 g/mol. The molecular formula is C19H23N3O2S. The van der Waals surface area contributed by atoms with Crippen molar-refractivity contribution in [3.8, 4) is 0 Å². The fourth-order valence-corrected chi connectivity index (χ4v) is 2.92. The normalized spacial score (nSPS) is 10.2. The van der Waals surface area contributed by atoms with Crippen molar-refractivity contribution < 1.29 is 9.59 Å². The zero-order valence-corrected chi connectivity index (χ0v) is 15.8. The highest BCUT2D eigenvalue weighted by Crippen LogP contribution is 2.24. The van der Waals surface area contributed by atoms with E-state index < -0.39 is 0 Å². The first kappa shape index (κ1) is 18.9. The number of carbonyl (C=O) groups excluding carboxylic acids is 2. The van der Waals surface area contributed by atoms with Crippen molar-refractivity contribution >= 4 is 35.0 Å². The number of anilines is 2. The van der Waals surface area contributed by atoms with Crippen LogP contribution in [0.5, 0.6) is 0 Å². The molecule has 0 saturated heterocycles. The lowest BCUT2D eigenvalue weighted by atomic mass is 10.1. The Bertz CT molecular complexity index is 762. The van der Waals surface area contributed by atoms with Gasteiger partial charge in [-0.3, -0.25) is 9.59 Å². The number of benzene rings is 2. The molecule has 0 aliphatic rings. The van der Waals surface area contributed by atoms with Gasteiger partial charge in [0, 0.05) is 37.3 Å². The molecule has 0 unspecified atom stereocenters. The number of carbonyl (C=O) groups is 2. The molecule has 0 aliphatic carbocycles. The number of rotatable bonds is 6. The molecule has 0 radical (unpaired) electrons. The van der Waals surface area contributed by atoms with Gasteiger partial charge >= 0.3 is 0 Å². The number of amides is 2. The summed E-state index contributed by atoms with van der Waals surface area (Å²) in [6, 6.07) is 14.9. The zero-order valence-electron chi connectivity index (χ0n) is 14.9. The van der Waals surface area contributed by atoms with Crippen LogP contribution < -0.4 is 10.2 Å². The third kappa shape index (κ3) is 5.00. The maximum Gasteiger partial charge on any atom is 0.254 e. The van der Waals surface area contributed by atoms with E-state index in [0.29, 0.717) is 5.56 Å². The van der Waals surface area contributed by atoms with Gasteiger partial charge in [-0.1, -0.05) is 18.2 Å². The Labute approximate surface area is 153 Å². The van der Waals surface area contributed by atoms with Gasteiger partial charge in [0.1, 0.15) is 0 Å². The lowest BCUT2D eigenvalue weighted by molar-refractivity contribution is -0.116. The second-order valence-electron chi connectivity index (χ2n) is 5.85. The quantitative estimate of drug-likeness (QED) is 0.807. The summed E-state index contributed by atoms with van der Waals surface area (Å²) >= 11 is 1.56. The van der Waals surface area contributed by atoms with Gasteiger partial charge in [-0.25, -0.2) is 0 Å². The third-order valence-corrected chi connectivity index (χ3v) is 4.51. The highest BCUT2D eigenvalue weighted by Gasteiger charge is 2.16. The second-order valence-corrected chi connectivity index (χ2v) is 6.70. The third-order valence-electron chi connectivity index (χ3n) is 3.72. The molecule has 2 amide bonds. The summed E-state index contributed by atoms with van der Waals surface area (Å²) in [4.78, 5) is 29.2. The van der Waals surface area contributed by atoms with Crippen molar-refractivity contribution in [2.24, 2.45) is 0 Å². The molecule has 2 aromatic rings. The van der Waals surface area contributed by atoms with Crippen LogP contribution in [0.3, 0.4) is 0 Å².